The molecule has 1 rings (SSSR count). The number of likely N-dealkylation sites (N-methyl/N-ethyl adjacent to an activating group) is 1. The monoisotopic (exact) mass is 201 g/mol. The van der Waals surface area contributed by atoms with E-state index in [2.05, 4.69) is 47.1 Å². The third kappa shape index (κ3) is 2.96. The summed E-state index contributed by atoms with van der Waals surface area (Å²) in [4.78, 5) is 2.32. The zero-order valence-corrected chi connectivity index (χ0v) is 8.91. The topological polar surface area (TPSA) is 46.8 Å². The summed E-state index contributed by atoms with van der Waals surface area (Å²) in [7, 11) is 0. The van der Waals surface area contributed by atoms with Crippen molar-refractivity contribution in [1.29, 1.82) is 0 Å². The van der Waals surface area contributed by atoms with E-state index in [1.165, 1.54) is 4.09 Å². The van der Waals surface area contributed by atoms with Gasteiger partial charge in [-0.1, -0.05) is 13.8 Å². The molecule has 0 saturated heterocycles. The Kier molecular flexibility index (Phi) is 4.17. The van der Waals surface area contributed by atoms with Crippen LogP contribution in [0, 0.1) is 0 Å². The highest BCUT2D eigenvalue weighted by molar-refractivity contribution is 7.78. The fourth-order valence-corrected chi connectivity index (χ4v) is 1.32. The van der Waals surface area contributed by atoms with Crippen molar-refractivity contribution < 1.29 is 0 Å². The molecule has 0 bridgehead atoms. The first-order valence-electron chi connectivity index (χ1n) is 4.46. The summed E-state index contributed by atoms with van der Waals surface area (Å²) in [6, 6.07) is 0. The van der Waals surface area contributed by atoms with Crippen LogP contribution in [0.15, 0.2) is 0 Å². The molecular formula is C7H15N5S. The summed E-state index contributed by atoms with van der Waals surface area (Å²) in [6.45, 7) is 7.39. The van der Waals surface area contributed by atoms with Gasteiger partial charge in [-0.25, -0.2) is 0 Å². The Morgan fingerprint density at radius 3 is 2.54 bits per heavy atom. The van der Waals surface area contributed by atoms with Crippen molar-refractivity contribution in [3.63, 3.8) is 0 Å². The summed E-state index contributed by atoms with van der Waals surface area (Å²) in [5.41, 5.74) is 0. The van der Waals surface area contributed by atoms with Crippen molar-refractivity contribution in [2.45, 2.75) is 20.3 Å². The van der Waals surface area contributed by atoms with Gasteiger partial charge in [0.25, 0.3) is 0 Å². The van der Waals surface area contributed by atoms with Crippen LogP contribution in [0.5, 0.6) is 0 Å². The molecule has 0 aromatic carbocycles. The van der Waals surface area contributed by atoms with E-state index in [1.54, 1.807) is 0 Å². The van der Waals surface area contributed by atoms with Crippen LogP contribution in [0.25, 0.3) is 0 Å². The number of tetrazole rings is 1. The SMILES string of the molecule is CCN(CC)CCc1nnnn1S. The Bertz CT molecular complexity index is 245. The molecule has 6 heteroatoms. The van der Waals surface area contributed by atoms with E-state index < -0.39 is 0 Å². The minimum Gasteiger partial charge on any atom is -0.303 e. The normalized spacial score (nSPS) is 11.1. The Labute approximate surface area is 83.7 Å². The molecular weight excluding hydrogens is 186 g/mol. The highest BCUT2D eigenvalue weighted by Crippen LogP contribution is 1.97. The molecule has 1 aromatic heterocycles. The molecule has 0 radical (unpaired) electrons. The van der Waals surface area contributed by atoms with Gasteiger partial charge in [-0.05, 0) is 36.3 Å². The van der Waals surface area contributed by atoms with Gasteiger partial charge in [0.2, 0.25) is 0 Å². The van der Waals surface area contributed by atoms with E-state index in [-0.39, 0.29) is 0 Å². The standard InChI is InChI=1S/C7H15N5S/c1-3-11(4-2)6-5-7-8-9-10-12(7)13/h13H,3-6H2,1-2H3. The molecule has 13 heavy (non-hydrogen) atoms. The molecule has 74 valence electrons. The Morgan fingerprint density at radius 2 is 2.08 bits per heavy atom. The van der Waals surface area contributed by atoms with E-state index in [0.29, 0.717) is 0 Å². The molecule has 1 heterocycles. The highest BCUT2D eigenvalue weighted by Gasteiger charge is 2.05. The van der Waals surface area contributed by atoms with E-state index in [0.717, 1.165) is 31.9 Å². The van der Waals surface area contributed by atoms with E-state index in [1.807, 2.05) is 0 Å². The Hall–Kier alpha value is -0.620. The van der Waals surface area contributed by atoms with Crippen LogP contribution in [-0.4, -0.2) is 44.1 Å². The number of hydrogen-bond donors (Lipinski definition) is 1. The molecule has 0 N–H and O–H groups in total. The van der Waals surface area contributed by atoms with Gasteiger partial charge in [0.05, 0.1) is 0 Å². The summed E-state index contributed by atoms with van der Waals surface area (Å²) < 4.78 is 1.42. The van der Waals surface area contributed by atoms with Gasteiger partial charge in [-0.2, -0.15) is 4.09 Å². The molecule has 0 unspecified atom stereocenters. The average Bonchev–Trinajstić information content (AvgIpc) is 2.54. The second-order valence-electron chi connectivity index (χ2n) is 2.76. The molecule has 0 amide bonds. The van der Waals surface area contributed by atoms with Crippen LogP contribution in [-0.2, 0) is 6.42 Å². The summed E-state index contributed by atoms with van der Waals surface area (Å²) >= 11 is 4.07. The Morgan fingerprint density at radius 1 is 1.38 bits per heavy atom. The third-order valence-corrected chi connectivity index (χ3v) is 2.37. The van der Waals surface area contributed by atoms with Crippen LogP contribution in [0.4, 0.5) is 0 Å². The zero-order valence-electron chi connectivity index (χ0n) is 8.01. The lowest BCUT2D eigenvalue weighted by molar-refractivity contribution is 0.305. The predicted octanol–water partition coefficient (Wildman–Crippen LogP) is 0.250. The van der Waals surface area contributed by atoms with Gasteiger partial charge in [-0.15, -0.1) is 5.10 Å². The minimum atomic E-state index is 0.815. The minimum absolute atomic E-state index is 0.815. The van der Waals surface area contributed by atoms with Crippen molar-refractivity contribution >= 4 is 12.8 Å². The second kappa shape index (κ2) is 5.18. The number of rotatable bonds is 5. The molecule has 0 saturated carbocycles. The second-order valence-corrected chi connectivity index (χ2v) is 3.14. The summed E-state index contributed by atoms with van der Waals surface area (Å²) in [6.07, 6.45) is 0.845. The highest BCUT2D eigenvalue weighted by atomic mass is 32.1. The van der Waals surface area contributed by atoms with Gasteiger partial charge in [0.1, 0.15) is 0 Å². The molecule has 0 aliphatic rings. The smallest absolute Gasteiger partial charge is 0.164 e. The lowest BCUT2D eigenvalue weighted by Crippen LogP contribution is -2.25. The molecule has 0 fully saturated rings. The number of nitrogens with zero attached hydrogens (tertiary/aromatic N) is 5. The summed E-state index contributed by atoms with van der Waals surface area (Å²) in [5.74, 6) is 0.815. The average molecular weight is 201 g/mol. The zero-order chi connectivity index (χ0) is 9.68. The molecule has 0 aliphatic heterocycles. The maximum absolute atomic E-state index is 4.07. The first kappa shape index (κ1) is 10.5. The van der Waals surface area contributed by atoms with Gasteiger partial charge in [0, 0.05) is 13.0 Å². The van der Waals surface area contributed by atoms with E-state index >= 15 is 0 Å². The van der Waals surface area contributed by atoms with Gasteiger partial charge >= 0.3 is 0 Å². The van der Waals surface area contributed by atoms with Crippen molar-refractivity contribution in [3.05, 3.63) is 5.82 Å². The first-order chi connectivity index (χ1) is 6.27. The van der Waals surface area contributed by atoms with Crippen LogP contribution in [0.3, 0.4) is 0 Å². The maximum atomic E-state index is 4.07. The van der Waals surface area contributed by atoms with Crippen molar-refractivity contribution in [2.75, 3.05) is 19.6 Å². The van der Waals surface area contributed by atoms with Gasteiger partial charge in [-0.3, -0.25) is 0 Å². The third-order valence-electron chi connectivity index (χ3n) is 2.06. The fraction of sp³-hybridized carbons (Fsp3) is 0.857. The van der Waals surface area contributed by atoms with Crippen LogP contribution in [0.1, 0.15) is 19.7 Å². The van der Waals surface area contributed by atoms with Crippen LogP contribution < -0.4 is 0 Å². The van der Waals surface area contributed by atoms with E-state index in [4.69, 9.17) is 0 Å². The molecule has 0 spiro atoms. The first-order valence-corrected chi connectivity index (χ1v) is 4.86. The molecule has 5 nitrogen and oxygen atoms in total. The van der Waals surface area contributed by atoms with Crippen molar-refractivity contribution in [3.8, 4) is 0 Å². The van der Waals surface area contributed by atoms with Crippen molar-refractivity contribution in [1.82, 2.24) is 24.5 Å². The maximum Gasteiger partial charge on any atom is 0.164 e. The number of aromatic nitrogens is 4. The van der Waals surface area contributed by atoms with Crippen LogP contribution >= 0.6 is 12.8 Å². The number of thiol groups is 1. The van der Waals surface area contributed by atoms with Gasteiger partial charge in [0.15, 0.2) is 5.82 Å². The van der Waals surface area contributed by atoms with Crippen molar-refractivity contribution in [2.24, 2.45) is 0 Å². The lowest BCUT2D eigenvalue weighted by Gasteiger charge is -2.16. The molecule has 0 aliphatic carbocycles. The molecule has 1 aromatic rings. The fourth-order valence-electron chi connectivity index (χ4n) is 1.15. The molecule has 0 atom stereocenters. The quantitative estimate of drug-likeness (QED) is 0.694. The predicted molar refractivity (Wildman–Crippen MR) is 53.7 cm³/mol. The van der Waals surface area contributed by atoms with Crippen LogP contribution in [0.2, 0.25) is 0 Å². The Balaban J connectivity index is 2.38. The lowest BCUT2D eigenvalue weighted by atomic mass is 10.3. The summed E-state index contributed by atoms with van der Waals surface area (Å²) in [5, 5.41) is 11.0. The van der Waals surface area contributed by atoms with Gasteiger partial charge < -0.3 is 4.90 Å². The van der Waals surface area contributed by atoms with E-state index in [9.17, 15) is 0 Å². The number of hydrogen-bond acceptors (Lipinski definition) is 5. The largest absolute Gasteiger partial charge is 0.303 e.